The summed E-state index contributed by atoms with van der Waals surface area (Å²) in [4.78, 5) is 39.7. The summed E-state index contributed by atoms with van der Waals surface area (Å²) in [6, 6.07) is 7.05. The van der Waals surface area contributed by atoms with Crippen molar-refractivity contribution in [2.75, 3.05) is 32.8 Å². The third-order valence-corrected chi connectivity index (χ3v) is 5.69. The second-order valence-corrected chi connectivity index (χ2v) is 9.23. The van der Waals surface area contributed by atoms with Crippen LogP contribution < -0.4 is 15.4 Å². The Morgan fingerprint density at radius 1 is 1.09 bits per heavy atom. The Labute approximate surface area is 189 Å². The third-order valence-electron chi connectivity index (χ3n) is 5.69. The Bertz CT molecular complexity index is 867. The third kappa shape index (κ3) is 6.02. The van der Waals surface area contributed by atoms with E-state index in [4.69, 9.17) is 9.47 Å². The number of amides is 3. The van der Waals surface area contributed by atoms with Crippen LogP contribution in [-0.2, 0) is 9.53 Å². The lowest BCUT2D eigenvalue weighted by molar-refractivity contribution is -0.133. The molecular formula is C24H33N3O5. The molecule has 0 bridgehead atoms. The quantitative estimate of drug-likeness (QED) is 0.601. The highest BCUT2D eigenvalue weighted by molar-refractivity contribution is 5.97. The number of hydrogen-bond donors (Lipinski definition) is 2. The van der Waals surface area contributed by atoms with Gasteiger partial charge >= 0.3 is 6.09 Å². The number of allylic oxidation sites excluding steroid dienone is 1. The van der Waals surface area contributed by atoms with Crippen molar-refractivity contribution in [3.63, 3.8) is 0 Å². The first kappa shape index (κ1) is 23.6. The fourth-order valence-corrected chi connectivity index (χ4v) is 3.90. The van der Waals surface area contributed by atoms with Crippen molar-refractivity contribution in [3.05, 3.63) is 42.0 Å². The molecule has 3 amide bonds. The van der Waals surface area contributed by atoms with Crippen molar-refractivity contribution in [1.82, 2.24) is 15.5 Å². The van der Waals surface area contributed by atoms with Gasteiger partial charge < -0.3 is 25.0 Å². The highest BCUT2D eigenvalue weighted by Gasteiger charge is 2.42. The van der Waals surface area contributed by atoms with Crippen LogP contribution in [0.15, 0.2) is 36.4 Å². The Hall–Kier alpha value is -3.03. The van der Waals surface area contributed by atoms with E-state index in [9.17, 15) is 14.4 Å². The van der Waals surface area contributed by atoms with Crippen LogP contribution in [0, 0.1) is 5.41 Å². The van der Waals surface area contributed by atoms with Crippen LogP contribution in [0.1, 0.15) is 50.4 Å². The molecule has 32 heavy (non-hydrogen) atoms. The summed E-state index contributed by atoms with van der Waals surface area (Å²) in [6.07, 6.45) is 5.07. The second kappa shape index (κ2) is 10.1. The molecule has 0 atom stereocenters. The zero-order chi connectivity index (χ0) is 23.2. The minimum atomic E-state index is -0.610. The number of rotatable bonds is 0. The molecule has 1 saturated heterocycles. The molecule has 0 radical (unpaired) electrons. The predicted octanol–water partition coefficient (Wildman–Crippen LogP) is 2.89. The maximum atomic E-state index is 13.2. The van der Waals surface area contributed by atoms with Crippen LogP contribution in [0.2, 0.25) is 0 Å². The second-order valence-electron chi connectivity index (χ2n) is 9.23. The van der Waals surface area contributed by atoms with E-state index in [-0.39, 0.29) is 24.5 Å². The van der Waals surface area contributed by atoms with Gasteiger partial charge in [0.2, 0.25) is 5.91 Å². The summed E-state index contributed by atoms with van der Waals surface area (Å²) in [6.45, 7) is 7.37. The number of likely N-dealkylation sites (tertiary alicyclic amines) is 1. The van der Waals surface area contributed by atoms with Gasteiger partial charge in [0.15, 0.2) is 0 Å². The van der Waals surface area contributed by atoms with Crippen molar-refractivity contribution >= 4 is 17.9 Å². The zero-order valence-corrected chi connectivity index (χ0v) is 19.1. The van der Waals surface area contributed by atoms with Crippen LogP contribution in [0.3, 0.4) is 0 Å². The topological polar surface area (TPSA) is 97.0 Å². The summed E-state index contributed by atoms with van der Waals surface area (Å²) in [5.41, 5.74) is -0.698. The maximum Gasteiger partial charge on any atom is 0.410 e. The fourth-order valence-electron chi connectivity index (χ4n) is 3.90. The maximum absolute atomic E-state index is 13.2. The molecule has 8 nitrogen and oxygen atoms in total. The lowest BCUT2D eigenvalue weighted by atomic mass is 9.74. The van der Waals surface area contributed by atoms with Gasteiger partial charge in [-0.15, -0.1) is 0 Å². The predicted molar refractivity (Wildman–Crippen MR) is 121 cm³/mol. The number of hydrogen-bond acceptors (Lipinski definition) is 5. The molecule has 3 rings (SSSR count). The van der Waals surface area contributed by atoms with Crippen LogP contribution in [-0.4, -0.2) is 61.2 Å². The molecule has 2 heterocycles. The number of nitrogens with one attached hydrogen (secondary N) is 2. The van der Waals surface area contributed by atoms with Crippen LogP contribution in [0.25, 0.3) is 0 Å². The van der Waals surface area contributed by atoms with Gasteiger partial charge in [0.25, 0.3) is 5.91 Å². The molecule has 1 aromatic carbocycles. The van der Waals surface area contributed by atoms with Gasteiger partial charge in [-0.05, 0) is 52.2 Å². The number of fused-ring (bicyclic) bond motifs is 1. The van der Waals surface area contributed by atoms with Gasteiger partial charge in [-0.3, -0.25) is 9.59 Å². The Balaban J connectivity index is 1.68. The minimum absolute atomic E-state index is 0.0380. The Morgan fingerprint density at radius 2 is 1.81 bits per heavy atom. The van der Waals surface area contributed by atoms with Gasteiger partial charge in [0.1, 0.15) is 18.0 Å². The van der Waals surface area contributed by atoms with E-state index in [1.54, 1.807) is 29.2 Å². The van der Waals surface area contributed by atoms with Gasteiger partial charge in [0.05, 0.1) is 17.5 Å². The summed E-state index contributed by atoms with van der Waals surface area (Å²) >= 11 is 0. The van der Waals surface area contributed by atoms with Crippen molar-refractivity contribution < 1.29 is 23.9 Å². The van der Waals surface area contributed by atoms with Crippen LogP contribution >= 0.6 is 0 Å². The molecule has 1 spiro atoms. The highest BCUT2D eigenvalue weighted by Crippen LogP contribution is 2.36. The molecule has 2 aliphatic heterocycles. The van der Waals surface area contributed by atoms with Crippen molar-refractivity contribution in [3.8, 4) is 5.75 Å². The lowest BCUT2D eigenvalue weighted by Crippen LogP contribution is -2.51. The number of ether oxygens (including phenoxy) is 2. The first-order valence-corrected chi connectivity index (χ1v) is 11.1. The normalized spacial score (nSPS) is 20.8. The van der Waals surface area contributed by atoms with Crippen molar-refractivity contribution in [2.45, 2.75) is 45.6 Å². The molecule has 0 aliphatic carbocycles. The van der Waals surface area contributed by atoms with Gasteiger partial charge in [-0.1, -0.05) is 24.3 Å². The van der Waals surface area contributed by atoms with Crippen molar-refractivity contribution in [1.29, 1.82) is 0 Å². The highest BCUT2D eigenvalue weighted by atomic mass is 16.6. The van der Waals surface area contributed by atoms with E-state index in [0.29, 0.717) is 56.8 Å². The average Bonchev–Trinajstić information content (AvgIpc) is 2.75. The largest absolute Gasteiger partial charge is 0.491 e. The molecule has 1 aromatic rings. The molecule has 0 aromatic heterocycles. The molecule has 0 unspecified atom stereocenters. The monoisotopic (exact) mass is 443 g/mol. The first-order chi connectivity index (χ1) is 15.2. The minimum Gasteiger partial charge on any atom is -0.491 e. The fraction of sp³-hybridized carbons (Fsp3) is 0.542. The number of nitrogens with zero attached hydrogens (tertiary/aromatic N) is 1. The molecule has 2 N–H and O–H groups in total. The number of carbonyl (C=O) groups is 3. The number of carbonyl (C=O) groups excluding carboxylic acids is 3. The van der Waals surface area contributed by atoms with Gasteiger partial charge in [0, 0.05) is 19.6 Å². The molecule has 2 aliphatic rings. The Morgan fingerprint density at radius 3 is 2.53 bits per heavy atom. The van der Waals surface area contributed by atoms with E-state index in [1.807, 2.05) is 32.9 Å². The summed E-state index contributed by atoms with van der Waals surface area (Å²) in [5, 5.41) is 5.85. The van der Waals surface area contributed by atoms with E-state index in [1.165, 1.54) is 0 Å². The van der Waals surface area contributed by atoms with E-state index in [2.05, 4.69) is 10.6 Å². The molecule has 174 valence electrons. The van der Waals surface area contributed by atoms with Crippen molar-refractivity contribution in [2.24, 2.45) is 5.41 Å². The van der Waals surface area contributed by atoms with Crippen LogP contribution in [0.5, 0.6) is 5.75 Å². The molecule has 1 fully saturated rings. The molecular weight excluding hydrogens is 410 g/mol. The lowest BCUT2D eigenvalue weighted by Gasteiger charge is -2.40. The summed E-state index contributed by atoms with van der Waals surface area (Å²) < 4.78 is 11.2. The number of piperidine rings is 1. The zero-order valence-electron chi connectivity index (χ0n) is 19.1. The van der Waals surface area contributed by atoms with E-state index < -0.39 is 11.0 Å². The standard InChI is InChI=1S/C24H33N3O5/c1-23(2,3)32-22(30)27-15-11-24(12-16-27)10-6-7-13-25-20(28)18-8-4-5-9-19(18)31-17-14-26-21(24)29/h4-9H,10-17H2,1-3H3,(H,25,28)(H,26,29)/b7-6+. The first-order valence-electron chi connectivity index (χ1n) is 11.1. The molecule has 0 saturated carbocycles. The van der Waals surface area contributed by atoms with Gasteiger partial charge in [-0.2, -0.15) is 0 Å². The van der Waals surface area contributed by atoms with E-state index >= 15 is 0 Å². The summed E-state index contributed by atoms with van der Waals surface area (Å²) in [7, 11) is 0. The number of para-hydroxylation sites is 1. The molecule has 8 heteroatoms. The SMILES string of the molecule is CC(C)(C)OC(=O)N1CCC2(C/C=C/CNC(=O)c3ccccc3OCCNC2=O)CC1. The van der Waals surface area contributed by atoms with Gasteiger partial charge in [-0.25, -0.2) is 4.79 Å². The summed E-state index contributed by atoms with van der Waals surface area (Å²) in [5.74, 6) is 0.247. The Kier molecular flexibility index (Phi) is 7.43. The smallest absolute Gasteiger partial charge is 0.410 e. The average molecular weight is 444 g/mol. The van der Waals surface area contributed by atoms with Crippen LogP contribution in [0.4, 0.5) is 4.79 Å². The van der Waals surface area contributed by atoms with E-state index in [0.717, 1.165) is 0 Å². The number of benzene rings is 1.